The smallest absolute Gasteiger partial charge is 0.328 e. The molecule has 2 fully saturated rings. The van der Waals surface area contributed by atoms with Crippen LogP contribution < -0.4 is 0 Å². The van der Waals surface area contributed by atoms with Gasteiger partial charge in [0.1, 0.15) is 18.3 Å². The van der Waals surface area contributed by atoms with Crippen molar-refractivity contribution < 1.29 is 24.5 Å². The van der Waals surface area contributed by atoms with Crippen molar-refractivity contribution in [3.8, 4) is 0 Å². The Morgan fingerprint density at radius 1 is 1.21 bits per heavy atom. The molecule has 0 radical (unpaired) electrons. The molecule has 2 saturated heterocycles. The van der Waals surface area contributed by atoms with E-state index >= 15 is 0 Å². The number of rotatable bonds is 7. The molecule has 5 atom stereocenters. The van der Waals surface area contributed by atoms with Crippen LogP contribution in [-0.4, -0.2) is 46.7 Å². The summed E-state index contributed by atoms with van der Waals surface area (Å²) in [5.74, 6) is -0.964. The Bertz CT molecular complexity index is 410. The van der Waals surface area contributed by atoms with Crippen LogP contribution in [0.5, 0.6) is 0 Å². The Morgan fingerprint density at radius 3 is 2.63 bits per heavy atom. The molecule has 5 nitrogen and oxygen atoms in total. The van der Waals surface area contributed by atoms with Gasteiger partial charge in [-0.05, 0) is 6.92 Å². The largest absolute Gasteiger partial charge is 0.478 e. The summed E-state index contributed by atoms with van der Waals surface area (Å²) in [6, 6.07) is 0. The molecule has 5 heteroatoms. The van der Waals surface area contributed by atoms with Crippen LogP contribution in [0.15, 0.2) is 36.5 Å². The third kappa shape index (κ3) is 4.63. The number of aliphatic carboxylic acids is 1. The average molecular weight is 266 g/mol. The van der Waals surface area contributed by atoms with E-state index in [0.29, 0.717) is 6.42 Å². The third-order valence-corrected chi connectivity index (χ3v) is 2.95. The van der Waals surface area contributed by atoms with Crippen LogP contribution in [0.25, 0.3) is 0 Å². The number of carboxylic acid groups (broad SMARTS) is 1. The van der Waals surface area contributed by atoms with Gasteiger partial charge in [0.15, 0.2) is 0 Å². The van der Waals surface area contributed by atoms with Crippen LogP contribution in [0, 0.1) is 0 Å². The van der Waals surface area contributed by atoms with E-state index in [-0.39, 0.29) is 30.5 Å². The monoisotopic (exact) mass is 266 g/mol. The molecule has 2 N–H and O–H groups in total. The first-order chi connectivity index (χ1) is 9.08. The number of hydrogen-bond acceptors (Lipinski definition) is 4. The zero-order chi connectivity index (χ0) is 13.8. The lowest BCUT2D eigenvalue weighted by Gasteiger charge is -1.97. The highest BCUT2D eigenvalue weighted by Gasteiger charge is 2.56. The molecule has 19 heavy (non-hydrogen) atoms. The first-order valence-electron chi connectivity index (χ1n) is 6.31. The Kier molecular flexibility index (Phi) is 4.52. The number of carbonyl (C=O) groups is 1. The van der Waals surface area contributed by atoms with Gasteiger partial charge in [-0.15, -0.1) is 0 Å². The van der Waals surface area contributed by atoms with Gasteiger partial charge in [-0.2, -0.15) is 0 Å². The second-order valence-corrected chi connectivity index (χ2v) is 4.76. The van der Waals surface area contributed by atoms with Crippen molar-refractivity contribution in [1.82, 2.24) is 0 Å². The minimum atomic E-state index is -0.964. The molecule has 0 bridgehead atoms. The van der Waals surface area contributed by atoms with Crippen LogP contribution in [0.4, 0.5) is 0 Å². The summed E-state index contributed by atoms with van der Waals surface area (Å²) in [7, 11) is 0. The number of carboxylic acids is 1. The van der Waals surface area contributed by atoms with Gasteiger partial charge in [-0.3, -0.25) is 0 Å². The minimum absolute atomic E-state index is 0.0668. The van der Waals surface area contributed by atoms with Gasteiger partial charge in [0.05, 0.1) is 12.2 Å². The summed E-state index contributed by atoms with van der Waals surface area (Å²) < 4.78 is 10.9. The molecule has 0 aromatic carbocycles. The molecule has 0 amide bonds. The molecule has 0 aliphatic carbocycles. The third-order valence-electron chi connectivity index (χ3n) is 2.95. The molecule has 5 unspecified atom stereocenters. The predicted octanol–water partition coefficient (Wildman–Crippen LogP) is 1.05. The number of ether oxygens (including phenoxy) is 2. The van der Waals surface area contributed by atoms with E-state index in [1.807, 2.05) is 12.2 Å². The van der Waals surface area contributed by atoms with Crippen LogP contribution in [0.1, 0.15) is 13.3 Å². The fourth-order valence-electron chi connectivity index (χ4n) is 1.97. The van der Waals surface area contributed by atoms with E-state index in [1.165, 1.54) is 6.08 Å². The quantitative estimate of drug-likeness (QED) is 0.409. The van der Waals surface area contributed by atoms with Crippen molar-refractivity contribution in [2.75, 3.05) is 0 Å². The highest BCUT2D eigenvalue weighted by atomic mass is 16.7. The molecule has 2 aliphatic heterocycles. The van der Waals surface area contributed by atoms with E-state index in [2.05, 4.69) is 0 Å². The summed E-state index contributed by atoms with van der Waals surface area (Å²) in [5.41, 5.74) is 0. The van der Waals surface area contributed by atoms with Crippen molar-refractivity contribution in [2.24, 2.45) is 0 Å². The van der Waals surface area contributed by atoms with Crippen molar-refractivity contribution >= 4 is 5.97 Å². The van der Waals surface area contributed by atoms with E-state index in [1.54, 1.807) is 19.1 Å². The molecule has 0 aromatic heterocycles. The Labute approximate surface area is 111 Å². The van der Waals surface area contributed by atoms with Crippen molar-refractivity contribution in [2.45, 2.75) is 43.9 Å². The van der Waals surface area contributed by atoms with Gasteiger partial charge in [-0.25, -0.2) is 4.79 Å². The number of epoxide rings is 2. The molecule has 104 valence electrons. The number of aliphatic hydroxyl groups is 1. The summed E-state index contributed by atoms with van der Waals surface area (Å²) in [6.07, 6.45) is 10.4. The van der Waals surface area contributed by atoms with E-state index < -0.39 is 5.97 Å². The van der Waals surface area contributed by atoms with Gasteiger partial charge >= 0.3 is 5.97 Å². The highest BCUT2D eigenvalue weighted by molar-refractivity contribution is 5.80. The maximum absolute atomic E-state index is 10.2. The molecular formula is C14H18O5. The normalized spacial score (nSPS) is 35.3. The Balaban J connectivity index is 1.63. The molecule has 0 aromatic rings. The van der Waals surface area contributed by atoms with E-state index in [4.69, 9.17) is 14.6 Å². The van der Waals surface area contributed by atoms with Gasteiger partial charge in [0.25, 0.3) is 0 Å². The molecular weight excluding hydrogens is 248 g/mol. The Morgan fingerprint density at radius 2 is 1.95 bits per heavy atom. The zero-order valence-electron chi connectivity index (χ0n) is 10.7. The van der Waals surface area contributed by atoms with Crippen molar-refractivity contribution in [1.29, 1.82) is 0 Å². The molecule has 0 saturated carbocycles. The van der Waals surface area contributed by atoms with E-state index in [0.717, 1.165) is 6.08 Å². The second-order valence-electron chi connectivity index (χ2n) is 4.76. The van der Waals surface area contributed by atoms with Crippen molar-refractivity contribution in [3.63, 3.8) is 0 Å². The van der Waals surface area contributed by atoms with Gasteiger partial charge in [-0.1, -0.05) is 30.4 Å². The summed E-state index contributed by atoms with van der Waals surface area (Å²) in [4.78, 5) is 10.2. The molecule has 2 heterocycles. The van der Waals surface area contributed by atoms with Gasteiger partial charge < -0.3 is 19.7 Å². The standard InChI is InChI=1S/C14H18O5/c1-9(15)8-11-14(19-11)13-10(18-13)6-4-2-3-5-7-12(16)17/h2-7,9-11,13-15H,8H2,1H3,(H,16,17)/b3-2+,6-4+,7-5+. The minimum Gasteiger partial charge on any atom is -0.478 e. The highest BCUT2D eigenvalue weighted by Crippen LogP contribution is 2.41. The second kappa shape index (κ2) is 6.14. The van der Waals surface area contributed by atoms with Gasteiger partial charge in [0, 0.05) is 12.5 Å². The SMILES string of the molecule is CC(O)CC1OC1C1OC1/C=C/C=C/C=C/C(=O)O. The molecule has 0 spiro atoms. The number of hydrogen-bond donors (Lipinski definition) is 2. The maximum Gasteiger partial charge on any atom is 0.328 e. The summed E-state index contributed by atoms with van der Waals surface area (Å²) in [6.45, 7) is 1.75. The number of aliphatic hydroxyl groups excluding tert-OH is 1. The van der Waals surface area contributed by atoms with Crippen LogP contribution in [-0.2, 0) is 14.3 Å². The fourth-order valence-corrected chi connectivity index (χ4v) is 1.97. The number of allylic oxidation sites excluding steroid dienone is 4. The first kappa shape index (κ1) is 14.0. The van der Waals surface area contributed by atoms with Crippen LogP contribution in [0.3, 0.4) is 0 Å². The molecule has 2 aliphatic rings. The van der Waals surface area contributed by atoms with Gasteiger partial charge in [0.2, 0.25) is 0 Å². The fraction of sp³-hybridized carbons (Fsp3) is 0.500. The summed E-state index contributed by atoms with van der Waals surface area (Å²) in [5, 5.41) is 17.6. The van der Waals surface area contributed by atoms with Crippen molar-refractivity contribution in [3.05, 3.63) is 36.5 Å². The topological polar surface area (TPSA) is 82.6 Å². The Hall–Kier alpha value is -1.43. The lowest BCUT2D eigenvalue weighted by Crippen LogP contribution is -2.10. The predicted molar refractivity (Wildman–Crippen MR) is 68.7 cm³/mol. The lowest BCUT2D eigenvalue weighted by molar-refractivity contribution is -0.131. The lowest BCUT2D eigenvalue weighted by atomic mass is 10.1. The van der Waals surface area contributed by atoms with E-state index in [9.17, 15) is 9.90 Å². The van der Waals surface area contributed by atoms with Crippen LogP contribution >= 0.6 is 0 Å². The maximum atomic E-state index is 10.2. The first-order valence-corrected chi connectivity index (χ1v) is 6.31. The average Bonchev–Trinajstić information content (AvgIpc) is 3.17. The zero-order valence-corrected chi connectivity index (χ0v) is 10.7. The summed E-state index contributed by atoms with van der Waals surface area (Å²) >= 11 is 0. The van der Waals surface area contributed by atoms with Crippen LogP contribution in [0.2, 0.25) is 0 Å². The molecule has 2 rings (SSSR count).